The van der Waals surface area contributed by atoms with Gasteiger partial charge in [-0.3, -0.25) is 0 Å². The predicted octanol–water partition coefficient (Wildman–Crippen LogP) is 2.92. The minimum absolute atomic E-state index is 1.11. The lowest BCUT2D eigenvalue weighted by atomic mass is 10.1. The smallest absolute Gasteiger partial charge is 0.0374 e. The zero-order valence-electron chi connectivity index (χ0n) is 5.99. The Balaban J connectivity index is 3.80. The first-order valence-corrected chi connectivity index (χ1v) is 3.01. The highest BCUT2D eigenvalue weighted by molar-refractivity contribution is 5.23. The molecule has 0 saturated heterocycles. The maximum absolute atomic E-state index is 3.81. The van der Waals surface area contributed by atoms with E-state index in [1.54, 1.807) is 0 Å². The molecule has 0 aliphatic rings. The molecule has 0 saturated carbocycles. The van der Waals surface area contributed by atoms with Gasteiger partial charge in [-0.25, -0.2) is 0 Å². The summed E-state index contributed by atoms with van der Waals surface area (Å²) in [6, 6.07) is 0. The van der Waals surface area contributed by atoms with Crippen LogP contribution in [0.4, 0.5) is 0 Å². The summed E-state index contributed by atoms with van der Waals surface area (Å²) in [5.74, 6) is 0. The van der Waals surface area contributed by atoms with Crippen molar-refractivity contribution in [3.8, 4) is 0 Å². The summed E-state index contributed by atoms with van der Waals surface area (Å²) in [4.78, 5) is 0. The molecule has 0 aromatic rings. The molecule has 0 bridgehead atoms. The minimum atomic E-state index is 1.11. The fraction of sp³-hybridized carbons (Fsp3) is 0.500. The van der Waals surface area contributed by atoms with Crippen molar-refractivity contribution < 1.29 is 0 Å². The molecular weight excluding hydrogens is 96.1 g/mol. The van der Waals surface area contributed by atoms with Crippen LogP contribution >= 0.6 is 0 Å². The van der Waals surface area contributed by atoms with Gasteiger partial charge in [-0.1, -0.05) is 30.7 Å². The number of hydrogen-bond donors (Lipinski definition) is 0. The molecule has 46 valence electrons. The highest BCUT2D eigenvalue weighted by atomic mass is 13.9. The van der Waals surface area contributed by atoms with Crippen molar-refractivity contribution in [3.05, 3.63) is 23.8 Å². The van der Waals surface area contributed by atoms with Gasteiger partial charge in [0.2, 0.25) is 0 Å². The van der Waals surface area contributed by atoms with E-state index >= 15 is 0 Å². The molecular formula is C8H14. The van der Waals surface area contributed by atoms with Crippen LogP contribution in [0.15, 0.2) is 23.8 Å². The van der Waals surface area contributed by atoms with E-state index in [2.05, 4.69) is 26.5 Å². The maximum Gasteiger partial charge on any atom is -0.0374 e. The Hall–Kier alpha value is -0.520. The normalized spacial score (nSPS) is 11.6. The van der Waals surface area contributed by atoms with Crippen LogP contribution in [-0.2, 0) is 0 Å². The molecule has 0 unspecified atom stereocenters. The molecule has 0 nitrogen and oxygen atoms in total. The Morgan fingerprint density at radius 2 is 2.00 bits per heavy atom. The predicted molar refractivity (Wildman–Crippen MR) is 38.9 cm³/mol. The Morgan fingerprint density at radius 3 is 2.12 bits per heavy atom. The van der Waals surface area contributed by atoms with Crippen LogP contribution < -0.4 is 0 Å². The van der Waals surface area contributed by atoms with E-state index in [1.165, 1.54) is 11.1 Å². The van der Waals surface area contributed by atoms with E-state index < -0.39 is 0 Å². The average Bonchev–Trinajstić information content (AvgIpc) is 1.67. The van der Waals surface area contributed by atoms with Crippen LogP contribution in [0.3, 0.4) is 0 Å². The number of hydrogen-bond acceptors (Lipinski definition) is 0. The van der Waals surface area contributed by atoms with Crippen molar-refractivity contribution in [3.63, 3.8) is 0 Å². The zero-order chi connectivity index (χ0) is 6.57. The molecule has 0 heteroatoms. The fourth-order valence-corrected chi connectivity index (χ4v) is 0.480. The number of allylic oxidation sites excluding steroid dienone is 3. The molecule has 0 N–H and O–H groups in total. The molecule has 0 atom stereocenters. The lowest BCUT2D eigenvalue weighted by molar-refractivity contribution is 1.18. The Labute approximate surface area is 51.9 Å². The average molecular weight is 110 g/mol. The highest BCUT2D eigenvalue weighted by Gasteiger charge is 1.83. The van der Waals surface area contributed by atoms with Gasteiger partial charge in [-0.2, -0.15) is 0 Å². The summed E-state index contributed by atoms with van der Waals surface area (Å²) in [5.41, 5.74) is 2.49. The first-order chi connectivity index (χ1) is 3.68. The molecule has 0 heterocycles. The molecule has 0 aliphatic heterocycles. The maximum atomic E-state index is 3.81. The summed E-state index contributed by atoms with van der Waals surface area (Å²) in [7, 11) is 0. The largest absolute Gasteiger partial charge is 0.0959 e. The third-order valence-electron chi connectivity index (χ3n) is 1.18. The van der Waals surface area contributed by atoms with Gasteiger partial charge in [0.15, 0.2) is 0 Å². The summed E-state index contributed by atoms with van der Waals surface area (Å²) in [6.45, 7) is 10.1. The summed E-state index contributed by atoms with van der Waals surface area (Å²) in [6.07, 6.45) is 3.29. The second-order valence-corrected chi connectivity index (χ2v) is 2.08. The Morgan fingerprint density at radius 1 is 1.50 bits per heavy atom. The molecule has 0 fully saturated rings. The van der Waals surface area contributed by atoms with Crippen LogP contribution in [-0.4, -0.2) is 0 Å². The van der Waals surface area contributed by atoms with Gasteiger partial charge in [0, 0.05) is 0 Å². The Bertz CT molecular complexity index is 107. The zero-order valence-corrected chi connectivity index (χ0v) is 5.99. The van der Waals surface area contributed by atoms with Gasteiger partial charge in [-0.05, 0) is 20.3 Å². The first-order valence-electron chi connectivity index (χ1n) is 3.01. The second kappa shape index (κ2) is 3.48. The van der Waals surface area contributed by atoms with Gasteiger partial charge in [-0.15, -0.1) is 0 Å². The minimum Gasteiger partial charge on any atom is -0.0959 e. The van der Waals surface area contributed by atoms with E-state index in [0.717, 1.165) is 6.42 Å². The molecule has 0 spiro atoms. The van der Waals surface area contributed by atoms with Crippen LogP contribution in [0.5, 0.6) is 0 Å². The topological polar surface area (TPSA) is 0 Å². The van der Waals surface area contributed by atoms with Crippen molar-refractivity contribution in [2.24, 2.45) is 0 Å². The van der Waals surface area contributed by atoms with E-state index in [4.69, 9.17) is 0 Å². The third-order valence-corrected chi connectivity index (χ3v) is 1.18. The first kappa shape index (κ1) is 7.48. The summed E-state index contributed by atoms with van der Waals surface area (Å²) in [5, 5.41) is 0. The van der Waals surface area contributed by atoms with Gasteiger partial charge in [0.1, 0.15) is 0 Å². The van der Waals surface area contributed by atoms with Crippen LogP contribution in [0.2, 0.25) is 0 Å². The summed E-state index contributed by atoms with van der Waals surface area (Å²) < 4.78 is 0. The van der Waals surface area contributed by atoms with Crippen molar-refractivity contribution in [1.82, 2.24) is 0 Å². The van der Waals surface area contributed by atoms with E-state index in [1.807, 2.05) is 6.92 Å². The van der Waals surface area contributed by atoms with Gasteiger partial charge < -0.3 is 0 Å². The molecule has 0 rings (SSSR count). The molecule has 0 amide bonds. The van der Waals surface area contributed by atoms with Crippen molar-refractivity contribution >= 4 is 0 Å². The third kappa shape index (κ3) is 2.62. The molecule has 0 aliphatic carbocycles. The van der Waals surface area contributed by atoms with E-state index in [-0.39, 0.29) is 0 Å². The van der Waals surface area contributed by atoms with Crippen LogP contribution in [0.1, 0.15) is 27.2 Å². The van der Waals surface area contributed by atoms with Crippen molar-refractivity contribution in [1.29, 1.82) is 0 Å². The van der Waals surface area contributed by atoms with Crippen LogP contribution in [0.25, 0.3) is 0 Å². The van der Waals surface area contributed by atoms with E-state index in [0.29, 0.717) is 0 Å². The lowest BCUT2D eigenvalue weighted by Crippen LogP contribution is -1.73. The monoisotopic (exact) mass is 110 g/mol. The SMILES string of the molecule is C=C(C)/C(C)=C/CC. The number of rotatable bonds is 2. The highest BCUT2D eigenvalue weighted by Crippen LogP contribution is 2.04. The van der Waals surface area contributed by atoms with E-state index in [9.17, 15) is 0 Å². The lowest BCUT2D eigenvalue weighted by Gasteiger charge is -1.94. The molecule has 0 radical (unpaired) electrons. The standard InChI is InChI=1S/C8H14/c1-5-6-8(4)7(2)3/h6H,2,5H2,1,3-4H3/b8-6+. The van der Waals surface area contributed by atoms with Gasteiger partial charge in [0.25, 0.3) is 0 Å². The molecule has 0 aromatic heterocycles. The second-order valence-electron chi connectivity index (χ2n) is 2.08. The van der Waals surface area contributed by atoms with Crippen molar-refractivity contribution in [2.45, 2.75) is 27.2 Å². The van der Waals surface area contributed by atoms with Gasteiger partial charge >= 0.3 is 0 Å². The van der Waals surface area contributed by atoms with Crippen molar-refractivity contribution in [2.75, 3.05) is 0 Å². The Kier molecular flexibility index (Phi) is 3.25. The molecule has 0 aromatic carbocycles. The molecule has 8 heavy (non-hydrogen) atoms. The van der Waals surface area contributed by atoms with Gasteiger partial charge in [0.05, 0.1) is 0 Å². The summed E-state index contributed by atoms with van der Waals surface area (Å²) >= 11 is 0. The van der Waals surface area contributed by atoms with Crippen LogP contribution in [0, 0.1) is 0 Å². The quantitative estimate of drug-likeness (QED) is 0.479. The fourth-order valence-electron chi connectivity index (χ4n) is 0.480.